The lowest BCUT2D eigenvalue weighted by atomic mass is 10.0. The second-order valence-electron chi connectivity index (χ2n) is 5.27. The molecule has 6 heteroatoms. The van der Waals surface area contributed by atoms with Gasteiger partial charge in [0, 0.05) is 29.0 Å². The fourth-order valence-electron chi connectivity index (χ4n) is 2.06. The van der Waals surface area contributed by atoms with Crippen molar-refractivity contribution in [1.82, 2.24) is 5.32 Å². The topological polar surface area (TPSA) is 58.2 Å². The van der Waals surface area contributed by atoms with Crippen molar-refractivity contribution < 1.29 is 9.59 Å². The highest BCUT2D eigenvalue weighted by atomic mass is 35.5. The van der Waals surface area contributed by atoms with Gasteiger partial charge in [0.1, 0.15) is 5.57 Å². The molecule has 0 aliphatic carbocycles. The second-order valence-corrected chi connectivity index (χ2v) is 6.12. The number of halogens is 2. The van der Waals surface area contributed by atoms with Crippen molar-refractivity contribution in [3.63, 3.8) is 0 Å². The number of amides is 1. The summed E-state index contributed by atoms with van der Waals surface area (Å²) >= 11 is 11.9. The maximum absolute atomic E-state index is 12.8. The molecule has 130 valence electrons. The van der Waals surface area contributed by atoms with Gasteiger partial charge in [-0.25, -0.2) is 0 Å². The Balaban J connectivity index is 2.30. The van der Waals surface area contributed by atoms with Gasteiger partial charge in [0.2, 0.25) is 5.78 Å². The number of anilines is 1. The Kier molecular flexibility index (Phi) is 7.04. The molecule has 0 radical (unpaired) electrons. The summed E-state index contributed by atoms with van der Waals surface area (Å²) in [5.74, 6) is -0.895. The minimum atomic E-state index is -0.451. The Bertz CT molecular complexity index is 786. The summed E-state index contributed by atoms with van der Waals surface area (Å²) in [5.41, 5.74) is 0.966. The number of benzene rings is 2. The number of hydrogen-bond donors (Lipinski definition) is 2. The van der Waals surface area contributed by atoms with E-state index in [1.165, 1.54) is 6.20 Å². The monoisotopic (exact) mass is 376 g/mol. The predicted molar refractivity (Wildman–Crippen MR) is 102 cm³/mol. The molecule has 0 unspecified atom stereocenters. The molecule has 0 atom stereocenters. The highest BCUT2D eigenvalue weighted by Crippen LogP contribution is 2.20. The first-order chi connectivity index (χ1) is 12.0. The zero-order valence-corrected chi connectivity index (χ0v) is 15.2. The fraction of sp³-hybridized carbons (Fsp3) is 0.158. The van der Waals surface area contributed by atoms with E-state index in [-0.39, 0.29) is 11.1 Å². The first-order valence-electron chi connectivity index (χ1n) is 7.82. The van der Waals surface area contributed by atoms with Crippen molar-refractivity contribution >= 4 is 40.6 Å². The number of nitrogens with one attached hydrogen (secondary N) is 2. The van der Waals surface area contributed by atoms with Crippen molar-refractivity contribution in [3.05, 3.63) is 75.9 Å². The third-order valence-electron chi connectivity index (χ3n) is 3.37. The second kappa shape index (κ2) is 9.25. The van der Waals surface area contributed by atoms with Gasteiger partial charge in [0.05, 0.1) is 5.02 Å². The molecule has 4 nitrogen and oxygen atoms in total. The summed E-state index contributed by atoms with van der Waals surface area (Å²) in [4.78, 5) is 25.2. The lowest BCUT2D eigenvalue weighted by Gasteiger charge is -2.10. The number of ketones is 1. The van der Waals surface area contributed by atoms with Crippen LogP contribution < -0.4 is 10.6 Å². The smallest absolute Gasteiger partial charge is 0.256 e. The molecule has 0 bridgehead atoms. The molecule has 1 amide bonds. The lowest BCUT2D eigenvalue weighted by Crippen LogP contribution is -2.29. The van der Waals surface area contributed by atoms with Crippen molar-refractivity contribution in [2.45, 2.75) is 13.3 Å². The largest absolute Gasteiger partial charge is 0.361 e. The van der Waals surface area contributed by atoms with Crippen LogP contribution in [0.15, 0.2) is 60.3 Å². The van der Waals surface area contributed by atoms with Crippen LogP contribution in [-0.2, 0) is 4.79 Å². The third kappa shape index (κ3) is 5.34. The van der Waals surface area contributed by atoms with Gasteiger partial charge >= 0.3 is 0 Å². The molecule has 2 rings (SSSR count). The van der Waals surface area contributed by atoms with Gasteiger partial charge in [0.25, 0.3) is 5.91 Å². The highest BCUT2D eigenvalue weighted by Gasteiger charge is 2.21. The highest BCUT2D eigenvalue weighted by molar-refractivity contribution is 6.37. The summed E-state index contributed by atoms with van der Waals surface area (Å²) in [7, 11) is 0. The van der Waals surface area contributed by atoms with Gasteiger partial charge in [-0.1, -0.05) is 42.3 Å². The normalized spacial score (nSPS) is 11.1. The molecule has 0 aliphatic heterocycles. The van der Waals surface area contributed by atoms with E-state index in [1.54, 1.807) is 48.5 Å². The van der Waals surface area contributed by atoms with E-state index in [1.807, 2.05) is 6.92 Å². The molecule has 2 aromatic rings. The van der Waals surface area contributed by atoms with Crippen molar-refractivity contribution in [2.24, 2.45) is 0 Å². The molecule has 2 aromatic carbocycles. The van der Waals surface area contributed by atoms with E-state index in [4.69, 9.17) is 23.2 Å². The summed E-state index contributed by atoms with van der Waals surface area (Å²) in [6, 6.07) is 13.6. The Morgan fingerprint density at radius 3 is 2.36 bits per heavy atom. The molecule has 0 heterocycles. The van der Waals surface area contributed by atoms with Crippen LogP contribution in [0.1, 0.15) is 23.7 Å². The van der Waals surface area contributed by atoms with Crippen LogP contribution in [0.2, 0.25) is 10.0 Å². The summed E-state index contributed by atoms with van der Waals surface area (Å²) in [6.45, 7) is 2.42. The molecule has 0 saturated carbocycles. The maximum atomic E-state index is 12.8. The molecule has 0 saturated heterocycles. The minimum absolute atomic E-state index is 0.0171. The molecular weight excluding hydrogens is 359 g/mol. The maximum Gasteiger partial charge on any atom is 0.256 e. The number of carbonyl (C=O) groups is 2. The summed E-state index contributed by atoms with van der Waals surface area (Å²) in [5, 5.41) is 6.57. The van der Waals surface area contributed by atoms with Crippen LogP contribution in [0.4, 0.5) is 5.69 Å². The van der Waals surface area contributed by atoms with Gasteiger partial charge in [-0.05, 0) is 42.8 Å². The lowest BCUT2D eigenvalue weighted by molar-refractivity contribution is -0.117. The number of Topliss-reactive ketones (excluding diaryl/α,β-unsaturated/α-hetero) is 1. The minimum Gasteiger partial charge on any atom is -0.361 e. The Morgan fingerprint density at radius 1 is 1.04 bits per heavy atom. The average Bonchev–Trinajstić information content (AvgIpc) is 2.61. The number of hydrogen-bond acceptors (Lipinski definition) is 3. The van der Waals surface area contributed by atoms with E-state index < -0.39 is 11.7 Å². The molecule has 2 N–H and O–H groups in total. The first kappa shape index (κ1) is 19.0. The van der Waals surface area contributed by atoms with Gasteiger partial charge in [-0.15, -0.1) is 0 Å². The molecule has 25 heavy (non-hydrogen) atoms. The van der Waals surface area contributed by atoms with Crippen molar-refractivity contribution in [3.8, 4) is 0 Å². The summed E-state index contributed by atoms with van der Waals surface area (Å²) < 4.78 is 0. The zero-order chi connectivity index (χ0) is 18.2. The molecule has 0 fully saturated rings. The first-order valence-corrected chi connectivity index (χ1v) is 8.58. The van der Waals surface area contributed by atoms with Gasteiger partial charge in [-0.2, -0.15) is 0 Å². The third-order valence-corrected chi connectivity index (χ3v) is 3.95. The van der Waals surface area contributed by atoms with Crippen molar-refractivity contribution in [1.29, 1.82) is 0 Å². The summed E-state index contributed by atoms with van der Waals surface area (Å²) in [6.07, 6.45) is 2.16. The van der Waals surface area contributed by atoms with Crippen LogP contribution in [0, 0.1) is 0 Å². The fourth-order valence-corrected chi connectivity index (χ4v) is 2.41. The zero-order valence-electron chi connectivity index (χ0n) is 13.7. The van der Waals surface area contributed by atoms with E-state index in [0.29, 0.717) is 22.3 Å². The predicted octanol–water partition coefficient (Wildman–Crippen LogP) is 4.70. The van der Waals surface area contributed by atoms with Crippen LogP contribution in [-0.4, -0.2) is 18.2 Å². The van der Waals surface area contributed by atoms with Crippen LogP contribution in [0.3, 0.4) is 0 Å². The quantitative estimate of drug-likeness (QED) is 0.318. The molecule has 0 aliphatic rings. The van der Waals surface area contributed by atoms with Crippen LogP contribution in [0.25, 0.3) is 0 Å². The van der Waals surface area contributed by atoms with E-state index >= 15 is 0 Å². The standard InChI is InChI=1S/C19H18Cl2N2O2/c1-2-11-22-19(25)16(12-23-14-9-7-13(20)8-10-14)18(24)15-5-3-4-6-17(15)21/h3-10,12,23H,2,11H2,1H3,(H,22,25)/b16-12-. The number of carbonyl (C=O) groups excluding carboxylic acids is 2. The van der Waals surface area contributed by atoms with Crippen LogP contribution in [0.5, 0.6) is 0 Å². The Morgan fingerprint density at radius 2 is 1.72 bits per heavy atom. The molecule has 0 spiro atoms. The van der Waals surface area contributed by atoms with E-state index in [9.17, 15) is 9.59 Å². The van der Waals surface area contributed by atoms with Gasteiger partial charge in [0.15, 0.2) is 0 Å². The Labute approximate surface area is 156 Å². The SMILES string of the molecule is CCCNC(=O)/C(=C\Nc1ccc(Cl)cc1)C(=O)c1ccccc1Cl. The van der Waals surface area contributed by atoms with Crippen molar-refractivity contribution in [2.75, 3.05) is 11.9 Å². The Hall–Kier alpha value is -2.30. The average molecular weight is 377 g/mol. The van der Waals surface area contributed by atoms with Gasteiger partial charge in [-0.3, -0.25) is 9.59 Å². The van der Waals surface area contributed by atoms with Gasteiger partial charge < -0.3 is 10.6 Å². The number of rotatable bonds is 7. The van der Waals surface area contributed by atoms with E-state index in [2.05, 4.69) is 10.6 Å². The van der Waals surface area contributed by atoms with Crippen LogP contribution >= 0.6 is 23.2 Å². The van der Waals surface area contributed by atoms with E-state index in [0.717, 1.165) is 6.42 Å². The molecular formula is C19H18Cl2N2O2. The molecule has 0 aromatic heterocycles.